The monoisotopic (exact) mass is 349 g/mol. The van der Waals surface area contributed by atoms with E-state index in [0.29, 0.717) is 25.4 Å². The van der Waals surface area contributed by atoms with Crippen molar-refractivity contribution in [3.8, 4) is 17.5 Å². The third-order valence-electron chi connectivity index (χ3n) is 4.24. The Morgan fingerprint density at radius 3 is 2.62 bits per heavy atom. The largest absolute Gasteiger partial charge is 0.382 e. The summed E-state index contributed by atoms with van der Waals surface area (Å²) in [7, 11) is 1.67. The van der Waals surface area contributed by atoms with E-state index in [1.807, 2.05) is 18.2 Å². The van der Waals surface area contributed by atoms with Crippen LogP contribution in [0.5, 0.6) is 0 Å². The summed E-state index contributed by atoms with van der Waals surface area (Å²) in [5, 5.41) is 9.12. The van der Waals surface area contributed by atoms with Gasteiger partial charge < -0.3 is 14.0 Å². The molecule has 0 N–H and O–H groups in total. The Kier molecular flexibility index (Phi) is 6.00. The summed E-state index contributed by atoms with van der Waals surface area (Å²) in [5.74, 6) is 0.934. The molecule has 26 heavy (non-hydrogen) atoms. The number of fused-ring (bicyclic) bond motifs is 1. The molecule has 0 aliphatic heterocycles. The van der Waals surface area contributed by atoms with Gasteiger partial charge in [-0.05, 0) is 30.2 Å². The predicted molar refractivity (Wildman–Crippen MR) is 102 cm³/mol. The maximum atomic E-state index is 9.12. The number of nitrogens with zero attached hydrogens (tertiary/aromatic N) is 3. The van der Waals surface area contributed by atoms with E-state index < -0.39 is 0 Å². The topological polar surface area (TPSA) is 60.1 Å². The zero-order chi connectivity index (χ0) is 18.4. The van der Waals surface area contributed by atoms with Gasteiger partial charge in [0.1, 0.15) is 5.82 Å². The lowest BCUT2D eigenvalue weighted by atomic mass is 10.1. The molecule has 3 rings (SSSR count). The van der Waals surface area contributed by atoms with E-state index in [0.717, 1.165) is 41.0 Å². The summed E-state index contributed by atoms with van der Waals surface area (Å²) in [4.78, 5) is 4.79. The van der Waals surface area contributed by atoms with Crippen molar-refractivity contribution in [2.45, 2.75) is 26.5 Å². The molecular weight excluding hydrogens is 326 g/mol. The first-order chi connectivity index (χ1) is 12.8. The molecule has 0 aliphatic carbocycles. The van der Waals surface area contributed by atoms with Crippen LogP contribution in [0.3, 0.4) is 0 Å². The number of methoxy groups -OCH3 is 1. The Morgan fingerprint density at radius 1 is 1.12 bits per heavy atom. The lowest BCUT2D eigenvalue weighted by Crippen LogP contribution is -2.02. The summed E-state index contributed by atoms with van der Waals surface area (Å²) in [5.41, 5.74) is 4.74. The number of imidazole rings is 1. The first-order valence-electron chi connectivity index (χ1n) is 8.83. The molecule has 5 heteroatoms. The van der Waals surface area contributed by atoms with Crippen molar-refractivity contribution >= 4 is 11.0 Å². The van der Waals surface area contributed by atoms with Gasteiger partial charge in [0, 0.05) is 19.2 Å². The molecular formula is C21H23N3O2. The minimum Gasteiger partial charge on any atom is -0.382 e. The number of ether oxygens (including phenoxy) is 2. The van der Waals surface area contributed by atoms with E-state index in [-0.39, 0.29) is 0 Å². The SMILES string of the molecule is CCCn1c(-c2ccc(COCCOC)cc2)nc2cc(C#N)ccc21. The predicted octanol–water partition coefficient (Wildman–Crippen LogP) is 4.15. The fourth-order valence-corrected chi connectivity index (χ4v) is 2.95. The molecule has 1 heterocycles. The van der Waals surface area contributed by atoms with Gasteiger partial charge in [-0.25, -0.2) is 4.98 Å². The van der Waals surface area contributed by atoms with E-state index in [1.165, 1.54) is 0 Å². The highest BCUT2D eigenvalue weighted by molar-refractivity contribution is 5.82. The average Bonchev–Trinajstić information content (AvgIpc) is 3.04. The molecule has 5 nitrogen and oxygen atoms in total. The lowest BCUT2D eigenvalue weighted by Gasteiger charge is -2.09. The van der Waals surface area contributed by atoms with E-state index in [9.17, 15) is 0 Å². The van der Waals surface area contributed by atoms with Crippen LogP contribution in [0.2, 0.25) is 0 Å². The van der Waals surface area contributed by atoms with Crippen LogP contribution in [0.4, 0.5) is 0 Å². The molecule has 0 unspecified atom stereocenters. The quantitative estimate of drug-likeness (QED) is 0.573. The van der Waals surface area contributed by atoms with Gasteiger partial charge in [-0.15, -0.1) is 0 Å². The van der Waals surface area contributed by atoms with E-state index in [2.05, 4.69) is 41.8 Å². The number of benzene rings is 2. The molecule has 1 aromatic heterocycles. The van der Waals surface area contributed by atoms with E-state index >= 15 is 0 Å². The molecule has 2 aromatic carbocycles. The van der Waals surface area contributed by atoms with Crippen molar-refractivity contribution in [3.05, 3.63) is 53.6 Å². The molecule has 0 aliphatic rings. The van der Waals surface area contributed by atoms with Gasteiger partial charge in [-0.2, -0.15) is 5.26 Å². The van der Waals surface area contributed by atoms with Crippen molar-refractivity contribution < 1.29 is 9.47 Å². The number of hydrogen-bond acceptors (Lipinski definition) is 4. The highest BCUT2D eigenvalue weighted by atomic mass is 16.5. The Morgan fingerprint density at radius 2 is 1.92 bits per heavy atom. The smallest absolute Gasteiger partial charge is 0.141 e. The van der Waals surface area contributed by atoms with Crippen LogP contribution in [0.1, 0.15) is 24.5 Å². The zero-order valence-electron chi connectivity index (χ0n) is 15.2. The van der Waals surface area contributed by atoms with Gasteiger partial charge in [0.25, 0.3) is 0 Å². The summed E-state index contributed by atoms with van der Waals surface area (Å²) in [6.45, 7) is 4.80. The van der Waals surface area contributed by atoms with E-state index in [1.54, 1.807) is 7.11 Å². The van der Waals surface area contributed by atoms with Gasteiger partial charge in [-0.3, -0.25) is 0 Å². The zero-order valence-corrected chi connectivity index (χ0v) is 15.2. The highest BCUT2D eigenvalue weighted by Gasteiger charge is 2.12. The second-order valence-electron chi connectivity index (χ2n) is 6.14. The number of nitriles is 1. The van der Waals surface area contributed by atoms with Crippen molar-refractivity contribution in [2.75, 3.05) is 20.3 Å². The molecule has 0 radical (unpaired) electrons. The van der Waals surface area contributed by atoms with Crippen LogP contribution < -0.4 is 0 Å². The van der Waals surface area contributed by atoms with Crippen LogP contribution >= 0.6 is 0 Å². The number of hydrogen-bond donors (Lipinski definition) is 0. The van der Waals surface area contributed by atoms with Crippen molar-refractivity contribution in [1.82, 2.24) is 9.55 Å². The number of aryl methyl sites for hydroxylation is 1. The molecule has 0 atom stereocenters. The highest BCUT2D eigenvalue weighted by Crippen LogP contribution is 2.26. The van der Waals surface area contributed by atoms with Crippen molar-refractivity contribution in [1.29, 1.82) is 5.26 Å². The van der Waals surface area contributed by atoms with Gasteiger partial charge >= 0.3 is 0 Å². The molecule has 0 amide bonds. The second kappa shape index (κ2) is 8.61. The Balaban J connectivity index is 1.89. The van der Waals surface area contributed by atoms with Gasteiger partial charge in [-0.1, -0.05) is 31.2 Å². The standard InChI is InChI=1S/C21H23N3O2/c1-3-10-24-20-9-6-17(14-22)13-19(20)23-21(24)18-7-4-16(5-8-18)15-26-12-11-25-2/h4-9,13H,3,10-12,15H2,1-2H3. The average molecular weight is 349 g/mol. The van der Waals surface area contributed by atoms with Gasteiger partial charge in [0.15, 0.2) is 0 Å². The van der Waals surface area contributed by atoms with Gasteiger partial charge in [0.2, 0.25) is 0 Å². The fourth-order valence-electron chi connectivity index (χ4n) is 2.95. The van der Waals surface area contributed by atoms with Crippen LogP contribution in [-0.4, -0.2) is 29.9 Å². The number of aromatic nitrogens is 2. The summed E-state index contributed by atoms with van der Waals surface area (Å²) >= 11 is 0. The summed E-state index contributed by atoms with van der Waals surface area (Å²) in [6, 6.07) is 16.2. The molecule has 0 saturated carbocycles. The summed E-state index contributed by atoms with van der Waals surface area (Å²) < 4.78 is 12.8. The first-order valence-corrected chi connectivity index (χ1v) is 8.83. The van der Waals surface area contributed by atoms with Crippen LogP contribution in [-0.2, 0) is 22.6 Å². The van der Waals surface area contributed by atoms with Crippen LogP contribution in [0.15, 0.2) is 42.5 Å². The molecule has 0 bridgehead atoms. The number of rotatable bonds is 8. The van der Waals surface area contributed by atoms with Crippen LogP contribution in [0.25, 0.3) is 22.4 Å². The van der Waals surface area contributed by atoms with Crippen molar-refractivity contribution in [3.63, 3.8) is 0 Å². The van der Waals surface area contributed by atoms with Gasteiger partial charge in [0.05, 0.1) is 42.5 Å². The molecule has 3 aromatic rings. The Bertz CT molecular complexity index is 907. The Labute approximate surface area is 153 Å². The first kappa shape index (κ1) is 18.1. The Hall–Kier alpha value is -2.68. The van der Waals surface area contributed by atoms with Crippen molar-refractivity contribution in [2.24, 2.45) is 0 Å². The molecule has 0 fully saturated rings. The van der Waals surface area contributed by atoms with E-state index in [4.69, 9.17) is 19.7 Å². The minimum absolute atomic E-state index is 0.570. The second-order valence-corrected chi connectivity index (χ2v) is 6.14. The maximum Gasteiger partial charge on any atom is 0.141 e. The molecule has 134 valence electrons. The third-order valence-corrected chi connectivity index (χ3v) is 4.24. The van der Waals surface area contributed by atoms with Crippen LogP contribution in [0, 0.1) is 11.3 Å². The lowest BCUT2D eigenvalue weighted by molar-refractivity contribution is 0.0617. The minimum atomic E-state index is 0.570. The normalized spacial score (nSPS) is 11.0. The molecule has 0 saturated heterocycles. The third kappa shape index (κ3) is 3.93. The fraction of sp³-hybridized carbons (Fsp3) is 0.333. The molecule has 0 spiro atoms. The summed E-state index contributed by atoms with van der Waals surface area (Å²) in [6.07, 6.45) is 1.02. The maximum absolute atomic E-state index is 9.12.